The molecule has 1 fully saturated rings. The molecule has 6 nitrogen and oxygen atoms in total. The van der Waals surface area contributed by atoms with E-state index in [1.807, 2.05) is 45.9 Å². The van der Waals surface area contributed by atoms with Crippen LogP contribution in [0.25, 0.3) is 0 Å². The number of sulfone groups is 1. The molecule has 1 aliphatic rings. The first-order valence-electron chi connectivity index (χ1n) is 8.78. The third-order valence-corrected chi connectivity index (χ3v) is 6.91. The number of carbonyl (C=O) groups is 1. The Hall–Kier alpha value is -2.15. The topological polar surface area (TPSA) is 81.1 Å². The number of rotatable bonds is 4. The van der Waals surface area contributed by atoms with Gasteiger partial charge in [0, 0.05) is 16.9 Å². The van der Waals surface area contributed by atoms with E-state index in [1.165, 1.54) is 5.56 Å². The van der Waals surface area contributed by atoms with Crippen molar-refractivity contribution in [3.63, 3.8) is 0 Å². The third kappa shape index (κ3) is 3.82. The molecule has 1 aromatic carbocycles. The minimum Gasteiger partial charge on any atom is -0.326 e. The van der Waals surface area contributed by atoms with Crippen LogP contribution in [-0.4, -0.2) is 35.6 Å². The summed E-state index contributed by atoms with van der Waals surface area (Å²) < 4.78 is 25.3. The molecular weight excluding hydrogens is 350 g/mol. The van der Waals surface area contributed by atoms with Crippen molar-refractivity contribution < 1.29 is 13.2 Å². The van der Waals surface area contributed by atoms with Crippen molar-refractivity contribution in [2.45, 2.75) is 46.6 Å². The Morgan fingerprint density at radius 3 is 2.58 bits per heavy atom. The Bertz CT molecular complexity index is 961. The molecule has 0 aliphatic carbocycles. The molecule has 1 N–H and O–H groups in total. The second-order valence-electron chi connectivity index (χ2n) is 7.17. The van der Waals surface area contributed by atoms with E-state index in [0.29, 0.717) is 6.42 Å². The van der Waals surface area contributed by atoms with Crippen molar-refractivity contribution in [1.82, 2.24) is 9.78 Å². The number of nitrogens with zero attached hydrogens (tertiary/aromatic N) is 2. The van der Waals surface area contributed by atoms with Crippen molar-refractivity contribution in [3.05, 3.63) is 46.3 Å². The number of hydrogen-bond donors (Lipinski definition) is 1. The van der Waals surface area contributed by atoms with Crippen molar-refractivity contribution in [3.8, 4) is 0 Å². The molecule has 1 atom stereocenters. The van der Waals surface area contributed by atoms with Gasteiger partial charge in [-0.25, -0.2) is 8.42 Å². The molecule has 7 heteroatoms. The van der Waals surface area contributed by atoms with E-state index in [-0.39, 0.29) is 29.9 Å². The number of amides is 1. The van der Waals surface area contributed by atoms with Crippen molar-refractivity contribution in [2.75, 3.05) is 16.8 Å². The van der Waals surface area contributed by atoms with Gasteiger partial charge < -0.3 is 5.32 Å². The Kier molecular flexibility index (Phi) is 4.92. The highest BCUT2D eigenvalue weighted by Crippen LogP contribution is 2.27. The summed E-state index contributed by atoms with van der Waals surface area (Å²) >= 11 is 0. The second-order valence-corrected chi connectivity index (χ2v) is 9.40. The van der Waals surface area contributed by atoms with Crippen LogP contribution in [0.2, 0.25) is 0 Å². The van der Waals surface area contributed by atoms with Crippen LogP contribution in [0.4, 0.5) is 5.69 Å². The number of benzene rings is 1. The Balaban J connectivity index is 1.75. The standard InChI is InChI=1S/C19H25N3O3S/c1-12-5-6-16(9-13(12)2)20-19(23)10-18-14(3)21-22(15(18)4)17-7-8-26(24,25)11-17/h5-6,9,17H,7-8,10-11H2,1-4H3,(H,20,23). The zero-order valence-electron chi connectivity index (χ0n) is 15.7. The largest absolute Gasteiger partial charge is 0.326 e. The summed E-state index contributed by atoms with van der Waals surface area (Å²) in [5.74, 6) is 0.236. The lowest BCUT2D eigenvalue weighted by atomic mass is 10.1. The summed E-state index contributed by atoms with van der Waals surface area (Å²) in [6.45, 7) is 7.82. The van der Waals surface area contributed by atoms with Crippen LogP contribution in [0.3, 0.4) is 0 Å². The molecule has 140 valence electrons. The van der Waals surface area contributed by atoms with Gasteiger partial charge in [-0.1, -0.05) is 6.07 Å². The molecule has 1 aromatic heterocycles. The molecular formula is C19H25N3O3S. The fraction of sp³-hybridized carbons (Fsp3) is 0.474. The fourth-order valence-electron chi connectivity index (χ4n) is 3.46. The van der Waals surface area contributed by atoms with Gasteiger partial charge in [0.05, 0.1) is 29.7 Å². The zero-order chi connectivity index (χ0) is 19.1. The Labute approximate surface area is 154 Å². The average Bonchev–Trinajstić information content (AvgIpc) is 3.04. The van der Waals surface area contributed by atoms with Gasteiger partial charge in [-0.2, -0.15) is 5.10 Å². The van der Waals surface area contributed by atoms with Crippen LogP contribution in [0, 0.1) is 27.7 Å². The summed E-state index contributed by atoms with van der Waals surface area (Å²) in [4.78, 5) is 12.5. The molecule has 26 heavy (non-hydrogen) atoms. The number of carbonyl (C=O) groups excluding carboxylic acids is 1. The number of nitrogens with one attached hydrogen (secondary N) is 1. The third-order valence-electron chi connectivity index (χ3n) is 5.16. The van der Waals surface area contributed by atoms with Crippen LogP contribution in [0.1, 0.15) is 40.5 Å². The summed E-state index contributed by atoms with van der Waals surface area (Å²) in [6.07, 6.45) is 0.808. The fourth-order valence-corrected chi connectivity index (χ4v) is 5.15. The van der Waals surface area contributed by atoms with Crippen molar-refractivity contribution >= 4 is 21.4 Å². The number of anilines is 1. The van der Waals surface area contributed by atoms with Gasteiger partial charge in [-0.05, 0) is 57.4 Å². The van der Waals surface area contributed by atoms with Gasteiger partial charge in [-0.15, -0.1) is 0 Å². The van der Waals surface area contributed by atoms with Crippen LogP contribution in [-0.2, 0) is 21.1 Å². The van der Waals surface area contributed by atoms with Crippen molar-refractivity contribution in [2.24, 2.45) is 0 Å². The van der Waals surface area contributed by atoms with E-state index in [1.54, 1.807) is 4.68 Å². The number of hydrogen-bond acceptors (Lipinski definition) is 4. The van der Waals surface area contributed by atoms with Gasteiger partial charge in [0.25, 0.3) is 0 Å². The molecule has 1 aliphatic heterocycles. The first-order chi connectivity index (χ1) is 12.2. The molecule has 3 rings (SSSR count). The average molecular weight is 375 g/mol. The number of aromatic nitrogens is 2. The summed E-state index contributed by atoms with van der Waals surface area (Å²) in [6, 6.07) is 5.71. The summed E-state index contributed by atoms with van der Waals surface area (Å²) in [5.41, 5.74) is 5.62. The van der Waals surface area contributed by atoms with Gasteiger partial charge in [0.1, 0.15) is 0 Å². The summed E-state index contributed by atoms with van der Waals surface area (Å²) in [5, 5.41) is 7.45. The molecule has 1 amide bonds. The smallest absolute Gasteiger partial charge is 0.228 e. The lowest BCUT2D eigenvalue weighted by Crippen LogP contribution is -2.16. The minimum atomic E-state index is -2.98. The highest BCUT2D eigenvalue weighted by molar-refractivity contribution is 7.91. The molecule has 1 unspecified atom stereocenters. The van der Waals surface area contributed by atoms with E-state index < -0.39 is 9.84 Å². The maximum atomic E-state index is 12.5. The van der Waals surface area contributed by atoms with Gasteiger partial charge in [-0.3, -0.25) is 9.48 Å². The number of aryl methyl sites for hydroxylation is 3. The predicted octanol–water partition coefficient (Wildman–Crippen LogP) is 2.66. The SMILES string of the molecule is Cc1ccc(NC(=O)Cc2c(C)nn(C3CCS(=O)(=O)C3)c2C)cc1C. The van der Waals surface area contributed by atoms with E-state index in [0.717, 1.165) is 28.2 Å². The van der Waals surface area contributed by atoms with Crippen LogP contribution in [0.15, 0.2) is 18.2 Å². The lowest BCUT2D eigenvalue weighted by molar-refractivity contribution is -0.115. The van der Waals surface area contributed by atoms with Gasteiger partial charge >= 0.3 is 0 Å². The predicted molar refractivity (Wildman–Crippen MR) is 102 cm³/mol. The highest BCUT2D eigenvalue weighted by atomic mass is 32.2. The minimum absolute atomic E-state index is 0.0990. The van der Waals surface area contributed by atoms with Gasteiger partial charge in [0.15, 0.2) is 9.84 Å². The molecule has 0 saturated carbocycles. The molecule has 0 spiro atoms. The van der Waals surface area contributed by atoms with Crippen LogP contribution >= 0.6 is 0 Å². The first kappa shape index (κ1) is 18.6. The van der Waals surface area contributed by atoms with E-state index in [4.69, 9.17) is 0 Å². The second kappa shape index (κ2) is 6.87. The van der Waals surface area contributed by atoms with E-state index in [2.05, 4.69) is 10.4 Å². The summed E-state index contributed by atoms with van der Waals surface area (Å²) in [7, 11) is -2.98. The maximum absolute atomic E-state index is 12.5. The maximum Gasteiger partial charge on any atom is 0.228 e. The van der Waals surface area contributed by atoms with Crippen LogP contribution in [0.5, 0.6) is 0 Å². The molecule has 2 aromatic rings. The Morgan fingerprint density at radius 1 is 1.23 bits per heavy atom. The van der Waals surface area contributed by atoms with Gasteiger partial charge in [0.2, 0.25) is 5.91 Å². The quantitative estimate of drug-likeness (QED) is 0.891. The van der Waals surface area contributed by atoms with E-state index in [9.17, 15) is 13.2 Å². The molecule has 2 heterocycles. The zero-order valence-corrected chi connectivity index (χ0v) is 16.5. The molecule has 0 radical (unpaired) electrons. The monoisotopic (exact) mass is 375 g/mol. The van der Waals surface area contributed by atoms with Crippen LogP contribution < -0.4 is 5.32 Å². The lowest BCUT2D eigenvalue weighted by Gasteiger charge is -2.12. The normalized spacial score (nSPS) is 18.8. The van der Waals surface area contributed by atoms with E-state index >= 15 is 0 Å². The van der Waals surface area contributed by atoms with Crippen molar-refractivity contribution in [1.29, 1.82) is 0 Å². The highest BCUT2D eigenvalue weighted by Gasteiger charge is 2.31. The molecule has 0 bridgehead atoms. The Morgan fingerprint density at radius 2 is 1.96 bits per heavy atom. The first-order valence-corrected chi connectivity index (χ1v) is 10.6. The molecule has 1 saturated heterocycles.